The molecule has 1 heteroatoms. The summed E-state index contributed by atoms with van der Waals surface area (Å²) in [4.78, 5) is 2.92. The van der Waals surface area contributed by atoms with E-state index < -0.39 is 0 Å². The maximum Gasteiger partial charge on any atom is 0.00489 e. The molecular weight excluding hydrogens is 152 g/mol. The van der Waals surface area contributed by atoms with Crippen molar-refractivity contribution in [2.75, 3.05) is 0 Å². The van der Waals surface area contributed by atoms with Crippen LogP contribution in [0.15, 0.2) is 6.07 Å². The molecule has 0 fully saturated rings. The molecule has 0 bridgehead atoms. The molecule has 0 aliphatic heterocycles. The van der Waals surface area contributed by atoms with Gasteiger partial charge in [0, 0.05) is 9.75 Å². The van der Waals surface area contributed by atoms with Crippen molar-refractivity contribution in [1.29, 1.82) is 0 Å². The van der Waals surface area contributed by atoms with Gasteiger partial charge in [-0.05, 0) is 31.9 Å². The van der Waals surface area contributed by atoms with Crippen LogP contribution in [-0.2, 0) is 6.42 Å². The minimum atomic E-state index is 1.18. The first-order valence-electron chi connectivity index (χ1n) is 4.30. The van der Waals surface area contributed by atoms with E-state index in [-0.39, 0.29) is 0 Å². The molecule has 0 aliphatic rings. The summed E-state index contributed by atoms with van der Waals surface area (Å²) < 4.78 is 0. The normalized spacial score (nSPS) is 8.82. The molecule has 0 amide bonds. The van der Waals surface area contributed by atoms with Crippen molar-refractivity contribution >= 4 is 11.3 Å². The van der Waals surface area contributed by atoms with Crippen LogP contribution in [0.5, 0.6) is 0 Å². The first-order chi connectivity index (χ1) is 5.24. The number of thiophene rings is 1. The Balaban J connectivity index is 0.000000461. The van der Waals surface area contributed by atoms with Crippen LogP contribution in [0.25, 0.3) is 0 Å². The second-order valence-corrected chi connectivity index (χ2v) is 3.75. The monoisotopic (exact) mass is 170 g/mol. The third-order valence-corrected chi connectivity index (χ3v) is 2.53. The van der Waals surface area contributed by atoms with E-state index in [0.29, 0.717) is 0 Å². The average Bonchev–Trinajstić information content (AvgIpc) is 2.33. The van der Waals surface area contributed by atoms with Gasteiger partial charge < -0.3 is 0 Å². The molecule has 0 aromatic carbocycles. The van der Waals surface area contributed by atoms with Crippen molar-refractivity contribution in [3.63, 3.8) is 0 Å². The highest BCUT2D eigenvalue weighted by molar-refractivity contribution is 7.12. The lowest BCUT2D eigenvalue weighted by Gasteiger charge is -1.87. The second kappa shape index (κ2) is 5.36. The fourth-order valence-electron chi connectivity index (χ4n) is 1.03. The smallest absolute Gasteiger partial charge is 0.00489 e. The van der Waals surface area contributed by atoms with Gasteiger partial charge in [-0.25, -0.2) is 0 Å². The second-order valence-electron chi connectivity index (χ2n) is 2.29. The van der Waals surface area contributed by atoms with Crippen LogP contribution in [0.4, 0.5) is 0 Å². The fourth-order valence-corrected chi connectivity index (χ4v) is 2.05. The fraction of sp³-hybridized carbons (Fsp3) is 0.600. The van der Waals surface area contributed by atoms with Crippen LogP contribution in [0, 0.1) is 13.8 Å². The topological polar surface area (TPSA) is 0 Å². The van der Waals surface area contributed by atoms with Gasteiger partial charge in [0.05, 0.1) is 0 Å². The molecule has 0 atom stereocenters. The Hall–Kier alpha value is -0.300. The van der Waals surface area contributed by atoms with E-state index in [1.807, 2.05) is 25.2 Å². The van der Waals surface area contributed by atoms with Crippen molar-refractivity contribution in [2.24, 2.45) is 0 Å². The standard InChI is InChI=1S/C8H12S.C2H6/c1-4-8-5-6(2)9-7(8)3;1-2/h5H,4H2,1-3H3;1-2H3. The van der Waals surface area contributed by atoms with Gasteiger partial charge in [-0.15, -0.1) is 11.3 Å². The van der Waals surface area contributed by atoms with Gasteiger partial charge in [0.1, 0.15) is 0 Å². The average molecular weight is 170 g/mol. The number of hydrogen-bond donors (Lipinski definition) is 0. The molecule has 0 saturated carbocycles. The van der Waals surface area contributed by atoms with Crippen molar-refractivity contribution < 1.29 is 0 Å². The molecule has 1 rings (SSSR count). The van der Waals surface area contributed by atoms with Gasteiger partial charge in [0.15, 0.2) is 0 Å². The van der Waals surface area contributed by atoms with Crippen molar-refractivity contribution in [2.45, 2.75) is 41.0 Å². The van der Waals surface area contributed by atoms with E-state index >= 15 is 0 Å². The van der Waals surface area contributed by atoms with Gasteiger partial charge >= 0.3 is 0 Å². The third-order valence-electron chi connectivity index (χ3n) is 1.52. The van der Waals surface area contributed by atoms with Gasteiger partial charge in [0.2, 0.25) is 0 Å². The number of hydrogen-bond acceptors (Lipinski definition) is 1. The van der Waals surface area contributed by atoms with E-state index in [0.717, 1.165) is 0 Å². The molecule has 1 aromatic heterocycles. The Kier molecular flexibility index (Phi) is 5.22. The summed E-state index contributed by atoms with van der Waals surface area (Å²) in [6.07, 6.45) is 1.18. The number of aryl methyl sites for hydroxylation is 3. The maximum atomic E-state index is 2.28. The highest BCUT2D eigenvalue weighted by Crippen LogP contribution is 2.20. The van der Waals surface area contributed by atoms with Crippen LogP contribution >= 0.6 is 11.3 Å². The largest absolute Gasteiger partial charge is 0.146 e. The van der Waals surface area contributed by atoms with Crippen LogP contribution in [0.3, 0.4) is 0 Å². The zero-order valence-electron chi connectivity index (χ0n) is 8.19. The minimum absolute atomic E-state index is 1.18. The lowest BCUT2D eigenvalue weighted by molar-refractivity contribution is 1.13. The van der Waals surface area contributed by atoms with E-state index in [2.05, 4.69) is 26.8 Å². The summed E-state index contributed by atoms with van der Waals surface area (Å²) in [6, 6.07) is 2.28. The molecule has 1 aromatic rings. The number of rotatable bonds is 1. The quantitative estimate of drug-likeness (QED) is 0.598. The molecular formula is C10H18S. The lowest BCUT2D eigenvalue weighted by atomic mass is 10.2. The van der Waals surface area contributed by atoms with Crippen LogP contribution in [-0.4, -0.2) is 0 Å². The lowest BCUT2D eigenvalue weighted by Crippen LogP contribution is -1.74. The van der Waals surface area contributed by atoms with Crippen LogP contribution < -0.4 is 0 Å². The van der Waals surface area contributed by atoms with E-state index in [1.54, 1.807) is 0 Å². The first kappa shape index (κ1) is 10.7. The van der Waals surface area contributed by atoms with E-state index in [9.17, 15) is 0 Å². The minimum Gasteiger partial charge on any atom is -0.146 e. The molecule has 0 saturated heterocycles. The van der Waals surface area contributed by atoms with Crippen molar-refractivity contribution in [1.82, 2.24) is 0 Å². The SMILES string of the molecule is CC.CCc1cc(C)sc1C. The molecule has 0 aliphatic carbocycles. The Morgan fingerprint density at radius 2 is 1.82 bits per heavy atom. The Morgan fingerprint density at radius 1 is 1.27 bits per heavy atom. The highest BCUT2D eigenvalue weighted by atomic mass is 32.1. The summed E-state index contributed by atoms with van der Waals surface area (Å²) in [5, 5.41) is 0. The third kappa shape index (κ3) is 3.06. The van der Waals surface area contributed by atoms with Gasteiger partial charge in [0.25, 0.3) is 0 Å². The molecule has 0 N–H and O–H groups in total. The molecule has 0 unspecified atom stereocenters. The zero-order chi connectivity index (χ0) is 8.85. The Labute approximate surface area is 74.3 Å². The molecule has 1 heterocycles. The van der Waals surface area contributed by atoms with Gasteiger partial charge in [-0.2, -0.15) is 0 Å². The van der Waals surface area contributed by atoms with E-state index in [4.69, 9.17) is 0 Å². The summed E-state index contributed by atoms with van der Waals surface area (Å²) in [6.45, 7) is 10.6. The van der Waals surface area contributed by atoms with Gasteiger partial charge in [-0.3, -0.25) is 0 Å². The maximum absolute atomic E-state index is 2.28. The summed E-state index contributed by atoms with van der Waals surface area (Å²) in [7, 11) is 0. The van der Waals surface area contributed by atoms with Crippen molar-refractivity contribution in [3.8, 4) is 0 Å². The summed E-state index contributed by atoms with van der Waals surface area (Å²) in [5.41, 5.74) is 1.51. The van der Waals surface area contributed by atoms with Crippen LogP contribution in [0.1, 0.15) is 36.1 Å². The van der Waals surface area contributed by atoms with Gasteiger partial charge in [-0.1, -0.05) is 20.8 Å². The Morgan fingerprint density at radius 3 is 2.00 bits per heavy atom. The van der Waals surface area contributed by atoms with E-state index in [1.165, 1.54) is 21.7 Å². The molecule has 0 nitrogen and oxygen atoms in total. The molecule has 11 heavy (non-hydrogen) atoms. The highest BCUT2D eigenvalue weighted by Gasteiger charge is 1.97. The Bertz CT molecular complexity index is 199. The molecule has 0 spiro atoms. The predicted molar refractivity (Wildman–Crippen MR) is 54.5 cm³/mol. The molecule has 64 valence electrons. The zero-order valence-corrected chi connectivity index (χ0v) is 9.01. The predicted octanol–water partition coefficient (Wildman–Crippen LogP) is 3.95. The summed E-state index contributed by atoms with van der Waals surface area (Å²) >= 11 is 1.89. The van der Waals surface area contributed by atoms with Crippen LogP contribution in [0.2, 0.25) is 0 Å². The van der Waals surface area contributed by atoms with Crippen molar-refractivity contribution in [3.05, 3.63) is 21.4 Å². The molecule has 0 radical (unpaired) electrons. The first-order valence-corrected chi connectivity index (χ1v) is 5.11. The summed E-state index contributed by atoms with van der Waals surface area (Å²) in [5.74, 6) is 0.